The summed E-state index contributed by atoms with van der Waals surface area (Å²) in [4.78, 5) is 12.7. The van der Waals surface area contributed by atoms with Gasteiger partial charge in [-0.15, -0.1) is 0 Å². The lowest BCUT2D eigenvalue weighted by Gasteiger charge is -2.13. The molecule has 9 heteroatoms. The minimum atomic E-state index is -3.86. The van der Waals surface area contributed by atoms with E-state index in [9.17, 15) is 13.2 Å². The predicted molar refractivity (Wildman–Crippen MR) is 127 cm³/mol. The molecule has 0 atom stereocenters. The molecule has 174 valence electrons. The molecule has 0 aliphatic carbocycles. The molecule has 0 aliphatic heterocycles. The third-order valence-corrected chi connectivity index (χ3v) is 5.96. The van der Waals surface area contributed by atoms with Crippen LogP contribution in [0.2, 0.25) is 0 Å². The number of amides is 1. The molecule has 0 spiro atoms. The molecule has 3 aromatic carbocycles. The summed E-state index contributed by atoms with van der Waals surface area (Å²) in [6.07, 6.45) is 0. The van der Waals surface area contributed by atoms with Crippen LogP contribution in [0, 0.1) is 0 Å². The molecule has 0 bridgehead atoms. The van der Waals surface area contributed by atoms with Crippen molar-refractivity contribution in [3.05, 3.63) is 72.3 Å². The van der Waals surface area contributed by atoms with Crippen LogP contribution in [0.25, 0.3) is 0 Å². The molecule has 0 saturated carbocycles. The predicted octanol–water partition coefficient (Wildman–Crippen LogP) is 4.55. The summed E-state index contributed by atoms with van der Waals surface area (Å²) < 4.78 is 44.3. The fourth-order valence-corrected chi connectivity index (χ4v) is 4.12. The summed E-state index contributed by atoms with van der Waals surface area (Å²) >= 11 is 0. The van der Waals surface area contributed by atoms with Gasteiger partial charge in [0.1, 0.15) is 5.75 Å². The number of para-hydroxylation sites is 2. The van der Waals surface area contributed by atoms with Crippen LogP contribution >= 0.6 is 0 Å². The first-order chi connectivity index (χ1) is 15.9. The zero-order chi connectivity index (χ0) is 23.8. The Morgan fingerprint density at radius 2 is 1.52 bits per heavy atom. The standard InChI is InChI=1S/C24H26N2O6S/c1-4-31-22-15-12-18(16-23(22)32-5-2)25-24(27)17-10-13-19(14-11-17)33(28,29)26-20-8-6-7-9-21(20)30-3/h6-16,26H,4-5H2,1-3H3,(H,25,27). The molecule has 8 nitrogen and oxygen atoms in total. The molecule has 0 radical (unpaired) electrons. The average molecular weight is 471 g/mol. The molecule has 3 aromatic rings. The van der Waals surface area contributed by atoms with Gasteiger partial charge in [-0.3, -0.25) is 9.52 Å². The number of carbonyl (C=O) groups excluding carboxylic acids is 1. The van der Waals surface area contributed by atoms with Crippen LogP contribution in [-0.2, 0) is 10.0 Å². The Morgan fingerprint density at radius 1 is 0.848 bits per heavy atom. The summed E-state index contributed by atoms with van der Waals surface area (Å²) in [5.41, 5.74) is 1.15. The molecular weight excluding hydrogens is 444 g/mol. The number of methoxy groups -OCH3 is 1. The number of hydrogen-bond donors (Lipinski definition) is 2. The minimum Gasteiger partial charge on any atom is -0.495 e. The van der Waals surface area contributed by atoms with Crippen LogP contribution in [0.5, 0.6) is 17.2 Å². The Bertz CT molecular complexity index is 1210. The summed E-state index contributed by atoms with van der Waals surface area (Å²) in [5, 5.41) is 2.78. The van der Waals surface area contributed by atoms with Crippen molar-refractivity contribution in [2.75, 3.05) is 30.4 Å². The maximum absolute atomic E-state index is 12.7. The Balaban J connectivity index is 1.74. The van der Waals surface area contributed by atoms with Crippen LogP contribution in [0.15, 0.2) is 71.6 Å². The van der Waals surface area contributed by atoms with Gasteiger partial charge in [-0.05, 0) is 62.4 Å². The maximum atomic E-state index is 12.7. The van der Waals surface area contributed by atoms with Crippen LogP contribution in [0.3, 0.4) is 0 Å². The van der Waals surface area contributed by atoms with E-state index in [1.807, 2.05) is 13.8 Å². The second-order valence-corrected chi connectivity index (χ2v) is 8.49. The van der Waals surface area contributed by atoms with E-state index < -0.39 is 10.0 Å². The van der Waals surface area contributed by atoms with Gasteiger partial charge in [0.05, 0.1) is 30.9 Å². The van der Waals surface area contributed by atoms with Crippen molar-refractivity contribution in [1.29, 1.82) is 0 Å². The average Bonchev–Trinajstić information content (AvgIpc) is 2.81. The highest BCUT2D eigenvalue weighted by atomic mass is 32.2. The van der Waals surface area contributed by atoms with Crippen molar-refractivity contribution in [1.82, 2.24) is 0 Å². The second kappa shape index (κ2) is 10.7. The molecular formula is C24H26N2O6S. The topological polar surface area (TPSA) is 103 Å². The van der Waals surface area contributed by atoms with Gasteiger partial charge in [0, 0.05) is 17.3 Å². The molecule has 3 rings (SSSR count). The molecule has 0 fully saturated rings. The molecule has 2 N–H and O–H groups in total. The van der Waals surface area contributed by atoms with E-state index in [1.165, 1.54) is 31.4 Å². The lowest BCUT2D eigenvalue weighted by molar-refractivity contribution is 0.102. The summed E-state index contributed by atoms with van der Waals surface area (Å²) in [6.45, 7) is 4.68. The lowest BCUT2D eigenvalue weighted by atomic mass is 10.2. The summed E-state index contributed by atoms with van der Waals surface area (Å²) in [5.74, 6) is 1.14. The number of hydrogen-bond acceptors (Lipinski definition) is 6. The van der Waals surface area contributed by atoms with Gasteiger partial charge in [0.2, 0.25) is 0 Å². The van der Waals surface area contributed by atoms with Gasteiger partial charge >= 0.3 is 0 Å². The fourth-order valence-electron chi connectivity index (χ4n) is 3.05. The monoisotopic (exact) mass is 470 g/mol. The molecule has 0 unspecified atom stereocenters. The molecule has 0 aliphatic rings. The van der Waals surface area contributed by atoms with Gasteiger partial charge < -0.3 is 19.5 Å². The number of sulfonamides is 1. The highest BCUT2D eigenvalue weighted by molar-refractivity contribution is 7.92. The molecule has 0 aromatic heterocycles. The minimum absolute atomic E-state index is 0.0182. The first-order valence-electron chi connectivity index (χ1n) is 10.3. The molecule has 0 heterocycles. The summed E-state index contributed by atoms with van der Waals surface area (Å²) in [6, 6.07) is 17.5. The summed E-state index contributed by atoms with van der Waals surface area (Å²) in [7, 11) is -2.40. The largest absolute Gasteiger partial charge is 0.495 e. The van der Waals surface area contributed by atoms with Gasteiger partial charge in [0.25, 0.3) is 15.9 Å². The van der Waals surface area contributed by atoms with Crippen molar-refractivity contribution in [3.63, 3.8) is 0 Å². The zero-order valence-electron chi connectivity index (χ0n) is 18.6. The maximum Gasteiger partial charge on any atom is 0.262 e. The van der Waals surface area contributed by atoms with Crippen LogP contribution in [0.4, 0.5) is 11.4 Å². The Labute approximate surface area is 193 Å². The van der Waals surface area contributed by atoms with E-state index in [0.29, 0.717) is 47.4 Å². The third-order valence-electron chi connectivity index (χ3n) is 4.58. The highest BCUT2D eigenvalue weighted by Crippen LogP contribution is 2.31. The van der Waals surface area contributed by atoms with Crippen LogP contribution in [0.1, 0.15) is 24.2 Å². The van der Waals surface area contributed by atoms with Crippen molar-refractivity contribution in [2.45, 2.75) is 18.7 Å². The third kappa shape index (κ3) is 5.95. The first-order valence-corrected chi connectivity index (χ1v) is 11.8. The number of benzene rings is 3. The molecule has 1 amide bonds. The van der Waals surface area contributed by atoms with Crippen molar-refractivity contribution in [3.8, 4) is 17.2 Å². The van der Waals surface area contributed by atoms with E-state index in [0.717, 1.165) is 0 Å². The first kappa shape index (κ1) is 23.9. The van der Waals surface area contributed by atoms with Crippen molar-refractivity contribution in [2.24, 2.45) is 0 Å². The molecule has 33 heavy (non-hydrogen) atoms. The molecule has 0 saturated heterocycles. The smallest absolute Gasteiger partial charge is 0.262 e. The Morgan fingerprint density at radius 3 is 2.18 bits per heavy atom. The van der Waals surface area contributed by atoms with Crippen LogP contribution in [-0.4, -0.2) is 34.6 Å². The zero-order valence-corrected chi connectivity index (χ0v) is 19.4. The van der Waals surface area contributed by atoms with E-state index in [1.54, 1.807) is 42.5 Å². The normalized spacial score (nSPS) is 10.9. The highest BCUT2D eigenvalue weighted by Gasteiger charge is 2.17. The quantitative estimate of drug-likeness (QED) is 0.451. The van der Waals surface area contributed by atoms with E-state index in [-0.39, 0.29) is 10.8 Å². The van der Waals surface area contributed by atoms with E-state index in [2.05, 4.69) is 10.0 Å². The number of ether oxygens (including phenoxy) is 3. The van der Waals surface area contributed by atoms with Crippen LogP contribution < -0.4 is 24.2 Å². The van der Waals surface area contributed by atoms with Crippen molar-refractivity contribution >= 4 is 27.3 Å². The van der Waals surface area contributed by atoms with Gasteiger partial charge in [-0.25, -0.2) is 8.42 Å². The number of rotatable bonds is 10. The SMILES string of the molecule is CCOc1ccc(NC(=O)c2ccc(S(=O)(=O)Nc3ccccc3OC)cc2)cc1OCC. The number of carbonyl (C=O) groups is 1. The van der Waals surface area contributed by atoms with E-state index >= 15 is 0 Å². The fraction of sp³-hybridized carbons (Fsp3) is 0.208. The van der Waals surface area contributed by atoms with Gasteiger partial charge in [-0.1, -0.05) is 12.1 Å². The van der Waals surface area contributed by atoms with Gasteiger partial charge in [0.15, 0.2) is 11.5 Å². The van der Waals surface area contributed by atoms with Crippen molar-refractivity contribution < 1.29 is 27.4 Å². The Kier molecular flexibility index (Phi) is 7.78. The van der Waals surface area contributed by atoms with Gasteiger partial charge in [-0.2, -0.15) is 0 Å². The Hall–Kier alpha value is -3.72. The number of nitrogens with one attached hydrogen (secondary N) is 2. The lowest BCUT2D eigenvalue weighted by Crippen LogP contribution is -2.15. The van der Waals surface area contributed by atoms with E-state index in [4.69, 9.17) is 14.2 Å². The number of anilines is 2. The second-order valence-electron chi connectivity index (χ2n) is 6.81.